The normalized spacial score (nSPS) is 15.5. The predicted octanol–water partition coefficient (Wildman–Crippen LogP) is 2.61. The molecule has 0 bridgehead atoms. The van der Waals surface area contributed by atoms with Crippen LogP contribution in [0.2, 0.25) is 5.02 Å². The highest BCUT2D eigenvalue weighted by Crippen LogP contribution is 2.46. The molecule has 132 valence electrons. The molecule has 0 radical (unpaired) electrons. The van der Waals surface area contributed by atoms with Crippen molar-refractivity contribution in [3.63, 3.8) is 0 Å². The number of allylic oxidation sites excluding steroid dienone is 1. The fourth-order valence-electron chi connectivity index (χ4n) is 2.89. The fraction of sp³-hybridized carbons (Fsp3) is 0.222. The zero-order valence-electron chi connectivity index (χ0n) is 14.1. The van der Waals surface area contributed by atoms with Crippen molar-refractivity contribution in [2.75, 3.05) is 13.7 Å². The molecular formula is C18H15ClN4O3. The number of nitriles is 1. The van der Waals surface area contributed by atoms with Crippen LogP contribution in [0.15, 0.2) is 23.6 Å². The maximum absolute atomic E-state index is 9.60. The number of halogens is 1. The molecule has 1 atom stereocenters. The van der Waals surface area contributed by atoms with Gasteiger partial charge >= 0.3 is 0 Å². The number of nitrogens with zero attached hydrogens (tertiary/aromatic N) is 2. The van der Waals surface area contributed by atoms with Gasteiger partial charge in [-0.15, -0.1) is 11.5 Å². The van der Waals surface area contributed by atoms with Crippen molar-refractivity contribution in [2.45, 2.75) is 12.8 Å². The van der Waals surface area contributed by atoms with Gasteiger partial charge in [0.25, 0.3) is 0 Å². The Morgan fingerprint density at radius 1 is 1.50 bits per heavy atom. The number of ether oxygens (including phenoxy) is 3. The van der Waals surface area contributed by atoms with E-state index >= 15 is 0 Å². The van der Waals surface area contributed by atoms with Gasteiger partial charge in [0.1, 0.15) is 18.2 Å². The molecule has 3 rings (SSSR count). The maximum Gasteiger partial charge on any atom is 0.244 e. The number of methoxy groups -OCH3 is 1. The Morgan fingerprint density at radius 2 is 2.27 bits per heavy atom. The van der Waals surface area contributed by atoms with Crippen molar-refractivity contribution in [3.05, 3.63) is 45.4 Å². The van der Waals surface area contributed by atoms with E-state index in [1.807, 2.05) is 6.92 Å². The Morgan fingerprint density at radius 3 is 2.92 bits per heavy atom. The van der Waals surface area contributed by atoms with Crippen molar-refractivity contribution < 1.29 is 14.2 Å². The first kappa shape index (κ1) is 17.5. The third-order valence-corrected chi connectivity index (χ3v) is 4.30. The molecule has 1 aromatic carbocycles. The van der Waals surface area contributed by atoms with Crippen molar-refractivity contribution in [1.82, 2.24) is 10.2 Å². The van der Waals surface area contributed by atoms with Crippen molar-refractivity contribution in [2.24, 2.45) is 5.73 Å². The van der Waals surface area contributed by atoms with Gasteiger partial charge in [-0.2, -0.15) is 5.26 Å². The number of aromatic amines is 1. The summed E-state index contributed by atoms with van der Waals surface area (Å²) in [5.74, 6) is 2.93. The van der Waals surface area contributed by atoms with Crippen LogP contribution in [0, 0.1) is 30.6 Å². The number of hydrogen-bond acceptors (Lipinski definition) is 6. The lowest BCUT2D eigenvalue weighted by atomic mass is 9.84. The van der Waals surface area contributed by atoms with Crippen LogP contribution in [0.5, 0.6) is 17.4 Å². The van der Waals surface area contributed by atoms with Crippen LogP contribution in [0.4, 0.5) is 0 Å². The highest BCUT2D eigenvalue weighted by Gasteiger charge is 2.35. The first-order chi connectivity index (χ1) is 12.5. The molecule has 0 aliphatic carbocycles. The Kier molecular flexibility index (Phi) is 4.66. The van der Waals surface area contributed by atoms with E-state index in [-0.39, 0.29) is 18.1 Å². The van der Waals surface area contributed by atoms with Crippen LogP contribution in [0.3, 0.4) is 0 Å². The second kappa shape index (κ2) is 6.91. The van der Waals surface area contributed by atoms with Gasteiger partial charge in [-0.3, -0.25) is 5.10 Å². The summed E-state index contributed by atoms with van der Waals surface area (Å²) in [7, 11) is 1.49. The highest BCUT2D eigenvalue weighted by molar-refractivity contribution is 6.32. The molecule has 1 aliphatic heterocycles. The Hall–Kier alpha value is -3.29. The summed E-state index contributed by atoms with van der Waals surface area (Å²) < 4.78 is 16.3. The molecule has 8 heteroatoms. The van der Waals surface area contributed by atoms with Crippen LogP contribution >= 0.6 is 11.6 Å². The summed E-state index contributed by atoms with van der Waals surface area (Å²) in [6.45, 7) is 1.88. The molecule has 1 aliphatic rings. The van der Waals surface area contributed by atoms with E-state index in [4.69, 9.17) is 38.0 Å². The molecule has 0 unspecified atom stereocenters. The van der Waals surface area contributed by atoms with Gasteiger partial charge in [0.2, 0.25) is 11.8 Å². The van der Waals surface area contributed by atoms with Crippen LogP contribution in [0.25, 0.3) is 0 Å². The summed E-state index contributed by atoms with van der Waals surface area (Å²) in [5.41, 5.74) is 8.34. The quantitative estimate of drug-likeness (QED) is 0.801. The molecule has 0 amide bonds. The van der Waals surface area contributed by atoms with Gasteiger partial charge in [-0.1, -0.05) is 17.5 Å². The lowest BCUT2D eigenvalue weighted by Crippen LogP contribution is -2.21. The van der Waals surface area contributed by atoms with Crippen molar-refractivity contribution in [3.8, 4) is 35.8 Å². The smallest absolute Gasteiger partial charge is 0.244 e. The van der Waals surface area contributed by atoms with Crippen LogP contribution in [-0.2, 0) is 0 Å². The molecule has 7 nitrogen and oxygen atoms in total. The van der Waals surface area contributed by atoms with E-state index < -0.39 is 5.92 Å². The van der Waals surface area contributed by atoms with E-state index in [0.717, 1.165) is 5.69 Å². The number of rotatable bonds is 4. The number of aryl methyl sites for hydroxylation is 1. The molecule has 0 saturated heterocycles. The average Bonchev–Trinajstić information content (AvgIpc) is 2.99. The highest BCUT2D eigenvalue weighted by atomic mass is 35.5. The Balaban J connectivity index is 2.19. The molecule has 3 N–H and O–H groups in total. The van der Waals surface area contributed by atoms with Gasteiger partial charge in [-0.05, 0) is 24.6 Å². The van der Waals surface area contributed by atoms with Crippen molar-refractivity contribution in [1.29, 1.82) is 5.26 Å². The largest absolute Gasteiger partial charge is 0.493 e. The summed E-state index contributed by atoms with van der Waals surface area (Å²) in [6.07, 6.45) is 5.23. The standard InChI is InChI=1S/C18H15ClN4O3/c1-4-5-25-16-12(19)6-10(7-13(16)24-3)15-11(8-20)17(21)26-18-14(15)9(2)22-23-18/h1,6-7,15H,5,21H2,2-3H3,(H,22,23)/t15-/m1/s1. The van der Waals surface area contributed by atoms with Gasteiger partial charge in [0.05, 0.1) is 18.1 Å². The SMILES string of the molecule is C#CCOc1c(Cl)cc([C@@H]2C(C#N)=C(N)Oc3n[nH]c(C)c32)cc1OC. The zero-order chi connectivity index (χ0) is 18.8. The number of H-pyrrole nitrogens is 1. The summed E-state index contributed by atoms with van der Waals surface area (Å²) in [5, 5.41) is 16.9. The van der Waals surface area contributed by atoms with E-state index in [0.29, 0.717) is 33.5 Å². The lowest BCUT2D eigenvalue weighted by molar-refractivity contribution is 0.330. The number of nitrogens with one attached hydrogen (secondary N) is 1. The number of fused-ring (bicyclic) bond motifs is 1. The molecule has 0 spiro atoms. The predicted molar refractivity (Wildman–Crippen MR) is 95.0 cm³/mol. The maximum atomic E-state index is 9.60. The van der Waals surface area contributed by atoms with Gasteiger partial charge in [-0.25, -0.2) is 0 Å². The van der Waals surface area contributed by atoms with Crippen LogP contribution in [-0.4, -0.2) is 23.9 Å². The summed E-state index contributed by atoms with van der Waals surface area (Å²) in [6, 6.07) is 5.53. The molecule has 26 heavy (non-hydrogen) atoms. The van der Waals surface area contributed by atoms with Crippen LogP contribution in [0.1, 0.15) is 22.7 Å². The van der Waals surface area contributed by atoms with E-state index in [1.54, 1.807) is 12.1 Å². The zero-order valence-corrected chi connectivity index (χ0v) is 14.8. The first-order valence-electron chi connectivity index (χ1n) is 7.57. The van der Waals surface area contributed by atoms with Gasteiger partial charge < -0.3 is 19.9 Å². The third-order valence-electron chi connectivity index (χ3n) is 4.01. The summed E-state index contributed by atoms with van der Waals surface area (Å²) >= 11 is 6.38. The number of nitrogens with two attached hydrogens (primary N) is 1. The second-order valence-electron chi connectivity index (χ2n) is 5.52. The monoisotopic (exact) mass is 370 g/mol. The van der Waals surface area contributed by atoms with Crippen molar-refractivity contribution >= 4 is 11.6 Å². The van der Waals surface area contributed by atoms with Crippen LogP contribution < -0.4 is 19.9 Å². The molecule has 2 aromatic rings. The first-order valence-corrected chi connectivity index (χ1v) is 7.95. The van der Waals surface area contributed by atoms with E-state index in [9.17, 15) is 5.26 Å². The van der Waals surface area contributed by atoms with E-state index in [1.165, 1.54) is 7.11 Å². The molecular weight excluding hydrogens is 356 g/mol. The minimum atomic E-state index is -0.504. The molecule has 0 fully saturated rings. The number of hydrogen-bond donors (Lipinski definition) is 2. The van der Waals surface area contributed by atoms with Gasteiger partial charge in [0, 0.05) is 11.3 Å². The molecule has 2 heterocycles. The second-order valence-corrected chi connectivity index (χ2v) is 5.93. The molecule has 1 aromatic heterocycles. The topological polar surface area (TPSA) is 106 Å². The lowest BCUT2D eigenvalue weighted by Gasteiger charge is -2.24. The minimum absolute atomic E-state index is 0.000697. The van der Waals surface area contributed by atoms with Gasteiger partial charge in [0.15, 0.2) is 11.5 Å². The number of aromatic nitrogens is 2. The van der Waals surface area contributed by atoms with E-state index in [2.05, 4.69) is 22.2 Å². The number of terminal acetylenes is 1. The Bertz CT molecular complexity index is 982. The average molecular weight is 371 g/mol. The summed E-state index contributed by atoms with van der Waals surface area (Å²) in [4.78, 5) is 0. The number of benzene rings is 1. The Labute approximate surface area is 155 Å². The minimum Gasteiger partial charge on any atom is -0.493 e. The third kappa shape index (κ3) is 2.79. The fourth-order valence-corrected chi connectivity index (χ4v) is 3.17. The molecule has 0 saturated carbocycles.